The minimum Gasteiger partial charge on any atom is -0.347 e. The molecule has 2 heterocycles. The normalized spacial score (nSPS) is 29.6. The lowest BCUT2D eigenvalue weighted by atomic mass is 9.81. The van der Waals surface area contributed by atoms with Crippen molar-refractivity contribution in [3.8, 4) is 0 Å². The molecule has 2 rings (SSSR count). The molecule has 82 valence electrons. The van der Waals surface area contributed by atoms with Crippen LogP contribution in [0.25, 0.3) is 0 Å². The van der Waals surface area contributed by atoms with Gasteiger partial charge in [0.05, 0.1) is 13.2 Å². The van der Waals surface area contributed by atoms with Crippen LogP contribution in [0.5, 0.6) is 0 Å². The van der Waals surface area contributed by atoms with Crippen LogP contribution in [0.3, 0.4) is 0 Å². The van der Waals surface area contributed by atoms with Crippen molar-refractivity contribution in [2.24, 2.45) is 0 Å². The Morgan fingerprint density at radius 1 is 1.14 bits per heavy atom. The van der Waals surface area contributed by atoms with E-state index in [4.69, 9.17) is 9.47 Å². The second-order valence-electron chi connectivity index (χ2n) is 4.45. The van der Waals surface area contributed by atoms with Gasteiger partial charge in [0.2, 0.25) is 0 Å². The molecule has 1 N–H and O–H groups in total. The molecule has 0 atom stereocenters. The minimum absolute atomic E-state index is 0.239. The van der Waals surface area contributed by atoms with Crippen molar-refractivity contribution in [2.45, 2.75) is 50.9 Å². The number of hydrogen-bond acceptors (Lipinski definition) is 3. The van der Waals surface area contributed by atoms with Crippen LogP contribution in [0.2, 0.25) is 0 Å². The Labute approximate surface area is 86.2 Å². The summed E-state index contributed by atoms with van der Waals surface area (Å²) in [4.78, 5) is 0. The molecule has 0 aliphatic carbocycles. The molecule has 0 radical (unpaired) electrons. The van der Waals surface area contributed by atoms with Crippen molar-refractivity contribution < 1.29 is 9.47 Å². The molecule has 0 amide bonds. The van der Waals surface area contributed by atoms with E-state index in [-0.39, 0.29) is 11.3 Å². The Morgan fingerprint density at radius 3 is 2.36 bits per heavy atom. The van der Waals surface area contributed by atoms with Crippen molar-refractivity contribution >= 4 is 0 Å². The highest BCUT2D eigenvalue weighted by Crippen LogP contribution is 2.38. The van der Waals surface area contributed by atoms with E-state index in [0.29, 0.717) is 0 Å². The molecule has 0 saturated carbocycles. The van der Waals surface area contributed by atoms with Crippen LogP contribution in [0.15, 0.2) is 0 Å². The maximum absolute atomic E-state index is 5.78. The van der Waals surface area contributed by atoms with Gasteiger partial charge in [0.25, 0.3) is 0 Å². The molecular weight excluding hydrogens is 178 g/mol. The summed E-state index contributed by atoms with van der Waals surface area (Å²) in [6, 6.07) is 0. The summed E-state index contributed by atoms with van der Waals surface area (Å²) < 4.78 is 11.6. The van der Waals surface area contributed by atoms with Crippen LogP contribution >= 0.6 is 0 Å². The van der Waals surface area contributed by atoms with Crippen molar-refractivity contribution in [2.75, 3.05) is 19.8 Å². The molecule has 2 aliphatic rings. The zero-order valence-electron chi connectivity index (χ0n) is 9.27. The van der Waals surface area contributed by atoms with Crippen LogP contribution in [0, 0.1) is 0 Å². The Bertz CT molecular complexity index is 191. The molecule has 1 spiro atoms. The van der Waals surface area contributed by atoms with Gasteiger partial charge in [-0.15, -0.1) is 0 Å². The fourth-order valence-corrected chi connectivity index (χ4v) is 2.68. The highest BCUT2D eigenvalue weighted by Gasteiger charge is 2.46. The van der Waals surface area contributed by atoms with Gasteiger partial charge >= 0.3 is 0 Å². The Morgan fingerprint density at radius 2 is 1.79 bits per heavy atom. The van der Waals surface area contributed by atoms with E-state index in [1.54, 1.807) is 0 Å². The number of nitrogens with one attached hydrogen (secondary N) is 1. The third kappa shape index (κ3) is 1.69. The van der Waals surface area contributed by atoms with Crippen molar-refractivity contribution in [3.63, 3.8) is 0 Å². The molecule has 0 aromatic heterocycles. The maximum atomic E-state index is 5.78. The molecule has 2 aliphatic heterocycles. The van der Waals surface area contributed by atoms with E-state index in [9.17, 15) is 0 Å². The van der Waals surface area contributed by atoms with E-state index < -0.39 is 0 Å². The number of hydrogen-bond donors (Lipinski definition) is 1. The lowest BCUT2D eigenvalue weighted by molar-refractivity contribution is -0.191. The largest absolute Gasteiger partial charge is 0.347 e. The summed E-state index contributed by atoms with van der Waals surface area (Å²) in [5, 5.41) is 3.62. The standard InChI is InChI=1S/C11H21NO2/c1-3-10(4-2)9-11(5-6-12-10)13-7-8-14-11/h12H,3-9H2,1-2H3. The van der Waals surface area contributed by atoms with Crippen LogP contribution in [-0.2, 0) is 9.47 Å². The SMILES string of the molecule is CCC1(CC)CC2(CCN1)OCCO2. The lowest BCUT2D eigenvalue weighted by Gasteiger charge is -2.45. The van der Waals surface area contributed by atoms with E-state index in [2.05, 4.69) is 19.2 Å². The second-order valence-corrected chi connectivity index (χ2v) is 4.45. The number of rotatable bonds is 2. The molecule has 2 saturated heterocycles. The van der Waals surface area contributed by atoms with Gasteiger partial charge in [-0.05, 0) is 12.8 Å². The third-order valence-corrected chi connectivity index (χ3v) is 3.78. The Hall–Kier alpha value is -0.120. The van der Waals surface area contributed by atoms with E-state index >= 15 is 0 Å². The van der Waals surface area contributed by atoms with Crippen LogP contribution in [-0.4, -0.2) is 31.1 Å². The van der Waals surface area contributed by atoms with Gasteiger partial charge in [-0.25, -0.2) is 0 Å². The van der Waals surface area contributed by atoms with Crippen molar-refractivity contribution in [3.05, 3.63) is 0 Å². The summed E-state index contributed by atoms with van der Waals surface area (Å²) in [5.41, 5.74) is 0.239. The van der Waals surface area contributed by atoms with Crippen molar-refractivity contribution in [1.29, 1.82) is 0 Å². The smallest absolute Gasteiger partial charge is 0.171 e. The topological polar surface area (TPSA) is 30.5 Å². The molecule has 14 heavy (non-hydrogen) atoms. The highest BCUT2D eigenvalue weighted by atomic mass is 16.7. The molecule has 0 bridgehead atoms. The zero-order chi connectivity index (χ0) is 10.1. The van der Waals surface area contributed by atoms with Gasteiger partial charge in [0, 0.05) is 24.9 Å². The monoisotopic (exact) mass is 199 g/mol. The Kier molecular flexibility index (Phi) is 2.82. The van der Waals surface area contributed by atoms with Crippen molar-refractivity contribution in [1.82, 2.24) is 5.32 Å². The first-order chi connectivity index (χ1) is 6.74. The van der Waals surface area contributed by atoms with E-state index in [1.807, 2.05) is 0 Å². The van der Waals surface area contributed by atoms with Gasteiger partial charge in [-0.2, -0.15) is 0 Å². The first-order valence-corrected chi connectivity index (χ1v) is 5.77. The first-order valence-electron chi connectivity index (χ1n) is 5.77. The zero-order valence-corrected chi connectivity index (χ0v) is 9.27. The predicted molar refractivity (Wildman–Crippen MR) is 55.2 cm³/mol. The molecule has 0 aromatic carbocycles. The fourth-order valence-electron chi connectivity index (χ4n) is 2.68. The molecule has 3 heteroatoms. The van der Waals surface area contributed by atoms with Crippen LogP contribution < -0.4 is 5.32 Å². The first kappa shape index (κ1) is 10.4. The maximum Gasteiger partial charge on any atom is 0.171 e. The summed E-state index contributed by atoms with van der Waals surface area (Å²) in [7, 11) is 0. The van der Waals surface area contributed by atoms with Gasteiger partial charge in [0.15, 0.2) is 5.79 Å². The number of ether oxygens (including phenoxy) is 2. The summed E-state index contributed by atoms with van der Waals surface area (Å²) in [6.07, 6.45) is 4.30. The quantitative estimate of drug-likeness (QED) is 0.734. The molecule has 2 fully saturated rings. The minimum atomic E-state index is -0.253. The van der Waals surface area contributed by atoms with Gasteiger partial charge < -0.3 is 14.8 Å². The van der Waals surface area contributed by atoms with Crippen LogP contribution in [0.1, 0.15) is 39.5 Å². The fraction of sp³-hybridized carbons (Fsp3) is 1.00. The van der Waals surface area contributed by atoms with E-state index in [1.165, 1.54) is 0 Å². The highest BCUT2D eigenvalue weighted by molar-refractivity contribution is 4.97. The number of piperidine rings is 1. The second kappa shape index (κ2) is 3.80. The molecular formula is C11H21NO2. The average molecular weight is 199 g/mol. The van der Waals surface area contributed by atoms with Gasteiger partial charge in [-0.1, -0.05) is 13.8 Å². The summed E-state index contributed by atoms with van der Waals surface area (Å²) in [5.74, 6) is -0.253. The Balaban J connectivity index is 2.09. The summed E-state index contributed by atoms with van der Waals surface area (Å²) >= 11 is 0. The predicted octanol–water partition coefficient (Wildman–Crippen LogP) is 1.67. The lowest BCUT2D eigenvalue weighted by Crippen LogP contribution is -2.57. The van der Waals surface area contributed by atoms with Gasteiger partial charge in [-0.3, -0.25) is 0 Å². The third-order valence-electron chi connectivity index (χ3n) is 3.78. The summed E-state index contributed by atoms with van der Waals surface area (Å²) in [6.45, 7) is 7.03. The van der Waals surface area contributed by atoms with E-state index in [0.717, 1.165) is 45.4 Å². The molecule has 3 nitrogen and oxygen atoms in total. The van der Waals surface area contributed by atoms with Gasteiger partial charge in [0.1, 0.15) is 0 Å². The average Bonchev–Trinajstić information content (AvgIpc) is 2.66. The molecule has 0 unspecified atom stereocenters. The van der Waals surface area contributed by atoms with Crippen LogP contribution in [0.4, 0.5) is 0 Å². The molecule has 0 aromatic rings.